The number of aromatic nitrogens is 1. The zero-order chi connectivity index (χ0) is 27.4. The second-order valence-corrected chi connectivity index (χ2v) is 8.88. The normalized spacial score (nSPS) is 17.9. The van der Waals surface area contributed by atoms with Crippen molar-refractivity contribution in [2.24, 2.45) is 0 Å². The lowest BCUT2D eigenvalue weighted by molar-refractivity contribution is -0.118. The Morgan fingerprint density at radius 2 is 1.74 bits per heavy atom. The first kappa shape index (κ1) is 26.8. The fraction of sp³-hybridized carbons (Fsp3) is 0.296. The molecule has 1 saturated heterocycles. The molecule has 2 amide bonds. The van der Waals surface area contributed by atoms with E-state index >= 15 is 0 Å². The van der Waals surface area contributed by atoms with Crippen molar-refractivity contribution in [3.8, 4) is 11.5 Å². The largest absolute Gasteiger partial charge is 0.497 e. The molecule has 0 saturated carbocycles. The van der Waals surface area contributed by atoms with Crippen molar-refractivity contribution in [1.82, 2.24) is 9.88 Å². The van der Waals surface area contributed by atoms with E-state index in [1.807, 2.05) is 0 Å². The van der Waals surface area contributed by atoms with E-state index in [9.17, 15) is 28.3 Å². The average Bonchev–Trinajstić information content (AvgIpc) is 3.20. The molecule has 9 nitrogen and oxygen atoms in total. The highest BCUT2D eigenvalue weighted by Gasteiger charge is 2.43. The summed E-state index contributed by atoms with van der Waals surface area (Å²) in [5, 5.41) is 12.5. The lowest BCUT2D eigenvalue weighted by Gasteiger charge is -2.19. The topological polar surface area (TPSA) is 110 Å². The maximum atomic E-state index is 13.6. The summed E-state index contributed by atoms with van der Waals surface area (Å²) in [5.41, 5.74) is 0.567. The molecule has 11 heteroatoms. The van der Waals surface area contributed by atoms with Crippen LogP contribution in [-0.2, 0) is 11.3 Å². The van der Waals surface area contributed by atoms with E-state index in [0.29, 0.717) is 5.75 Å². The highest BCUT2D eigenvalue weighted by atomic mass is 19.3. The number of pyridine rings is 1. The summed E-state index contributed by atoms with van der Waals surface area (Å²) in [4.78, 5) is 41.1. The first-order valence-electron chi connectivity index (χ1n) is 11.9. The number of nitrogens with one attached hydrogen (secondary N) is 1. The molecule has 1 unspecified atom stereocenters. The first-order chi connectivity index (χ1) is 18.2. The van der Waals surface area contributed by atoms with Gasteiger partial charge in [-0.25, -0.2) is 0 Å². The van der Waals surface area contributed by atoms with Crippen LogP contribution in [0.4, 0.5) is 14.5 Å². The van der Waals surface area contributed by atoms with Crippen molar-refractivity contribution in [3.63, 3.8) is 0 Å². The SMILES string of the molecule is COc1ccc([C@@H]2CN(c3cccn(CC(C)O)c3=O)C(=O)[C@H]2NC(=O)c2ccc(OC(F)F)cc2)cc1. The van der Waals surface area contributed by atoms with Crippen LogP contribution in [0.15, 0.2) is 71.7 Å². The summed E-state index contributed by atoms with van der Waals surface area (Å²) in [7, 11) is 1.53. The van der Waals surface area contributed by atoms with Gasteiger partial charge >= 0.3 is 6.61 Å². The number of rotatable bonds is 9. The van der Waals surface area contributed by atoms with Crippen LogP contribution in [0, 0.1) is 0 Å². The zero-order valence-electron chi connectivity index (χ0n) is 20.7. The number of amides is 2. The summed E-state index contributed by atoms with van der Waals surface area (Å²) in [6.45, 7) is -1.27. The van der Waals surface area contributed by atoms with Crippen molar-refractivity contribution in [3.05, 3.63) is 88.3 Å². The molecule has 4 rings (SSSR count). The minimum Gasteiger partial charge on any atom is -0.497 e. The third kappa shape index (κ3) is 5.83. The number of hydrogen-bond donors (Lipinski definition) is 2. The van der Waals surface area contributed by atoms with E-state index in [1.165, 1.54) is 53.1 Å². The molecule has 1 aliphatic heterocycles. The van der Waals surface area contributed by atoms with Crippen LogP contribution in [0.1, 0.15) is 28.8 Å². The van der Waals surface area contributed by atoms with Crippen molar-refractivity contribution < 1.29 is 33.0 Å². The van der Waals surface area contributed by atoms with E-state index in [1.54, 1.807) is 37.3 Å². The van der Waals surface area contributed by atoms with Gasteiger partial charge < -0.3 is 29.4 Å². The maximum absolute atomic E-state index is 13.6. The predicted octanol–water partition coefficient (Wildman–Crippen LogP) is 2.77. The zero-order valence-corrected chi connectivity index (χ0v) is 20.7. The number of nitrogens with zero attached hydrogens (tertiary/aromatic N) is 2. The number of aliphatic hydroxyl groups is 1. The smallest absolute Gasteiger partial charge is 0.387 e. The lowest BCUT2D eigenvalue weighted by Crippen LogP contribution is -2.44. The van der Waals surface area contributed by atoms with Gasteiger partial charge in [0.05, 0.1) is 19.8 Å². The Hall–Kier alpha value is -4.25. The van der Waals surface area contributed by atoms with Gasteiger partial charge in [0.15, 0.2) is 0 Å². The van der Waals surface area contributed by atoms with Gasteiger partial charge in [-0.2, -0.15) is 8.78 Å². The molecule has 1 aliphatic rings. The van der Waals surface area contributed by atoms with Crippen LogP contribution in [0.25, 0.3) is 0 Å². The van der Waals surface area contributed by atoms with Gasteiger partial charge in [-0.3, -0.25) is 14.4 Å². The molecule has 2 N–H and O–H groups in total. The summed E-state index contributed by atoms with van der Waals surface area (Å²) < 4.78 is 35.8. The number of methoxy groups -OCH3 is 1. The molecular formula is C27H27F2N3O6. The summed E-state index contributed by atoms with van der Waals surface area (Å²) in [5.74, 6) is -1.07. The van der Waals surface area contributed by atoms with Crippen molar-refractivity contribution in [2.45, 2.75) is 38.1 Å². The predicted molar refractivity (Wildman–Crippen MR) is 135 cm³/mol. The number of ether oxygens (including phenoxy) is 2. The highest BCUT2D eigenvalue weighted by molar-refractivity contribution is 6.05. The number of aliphatic hydroxyl groups excluding tert-OH is 1. The summed E-state index contributed by atoms with van der Waals surface area (Å²) in [6, 6.07) is 14.3. The van der Waals surface area contributed by atoms with Gasteiger partial charge in [0, 0.05) is 24.2 Å². The van der Waals surface area contributed by atoms with Crippen LogP contribution < -0.4 is 25.2 Å². The minimum atomic E-state index is -3.00. The molecule has 1 fully saturated rings. The van der Waals surface area contributed by atoms with Crippen LogP contribution in [0.3, 0.4) is 0 Å². The third-order valence-electron chi connectivity index (χ3n) is 6.24. The Bertz CT molecular complexity index is 1340. The average molecular weight is 528 g/mol. The second kappa shape index (κ2) is 11.4. The van der Waals surface area contributed by atoms with Crippen LogP contribution in [0.5, 0.6) is 11.5 Å². The molecule has 200 valence electrons. The first-order valence-corrected chi connectivity index (χ1v) is 11.9. The Morgan fingerprint density at radius 3 is 2.34 bits per heavy atom. The van der Waals surface area contributed by atoms with Gasteiger partial charge in [-0.05, 0) is 61.0 Å². The molecule has 0 radical (unpaired) electrons. The van der Waals surface area contributed by atoms with E-state index in [4.69, 9.17) is 4.74 Å². The fourth-order valence-corrected chi connectivity index (χ4v) is 4.43. The Balaban J connectivity index is 1.65. The van der Waals surface area contributed by atoms with Gasteiger partial charge in [0.1, 0.15) is 23.2 Å². The number of anilines is 1. The minimum absolute atomic E-state index is 0.0576. The molecular weight excluding hydrogens is 500 g/mol. The number of alkyl halides is 2. The molecule has 0 bridgehead atoms. The molecule has 1 aromatic heterocycles. The molecule has 0 spiro atoms. The number of carbonyl (C=O) groups is 2. The molecule has 2 aromatic carbocycles. The monoisotopic (exact) mass is 527 g/mol. The second-order valence-electron chi connectivity index (χ2n) is 8.88. The highest BCUT2D eigenvalue weighted by Crippen LogP contribution is 2.32. The van der Waals surface area contributed by atoms with Crippen molar-refractivity contribution >= 4 is 17.5 Å². The Kier molecular flexibility index (Phi) is 8.06. The third-order valence-corrected chi connectivity index (χ3v) is 6.24. The molecule has 3 atom stereocenters. The molecule has 38 heavy (non-hydrogen) atoms. The standard InChI is InChI=1S/C27H27F2N3O6/c1-16(33)14-31-13-3-4-22(25(31)35)32-15-21(17-5-9-19(37-2)10-6-17)23(26(32)36)30-24(34)18-7-11-20(12-8-18)38-27(28)29/h3-13,16,21,23,27,33H,14-15H2,1-2H3,(H,30,34)/t16?,21-,23-/m0/s1. The number of carbonyl (C=O) groups excluding carboxylic acids is 2. The number of benzene rings is 2. The summed E-state index contributed by atoms with van der Waals surface area (Å²) >= 11 is 0. The van der Waals surface area contributed by atoms with E-state index < -0.39 is 42.0 Å². The van der Waals surface area contributed by atoms with E-state index in [2.05, 4.69) is 10.1 Å². The van der Waals surface area contributed by atoms with Gasteiger partial charge in [0.2, 0.25) is 5.91 Å². The molecule has 3 aromatic rings. The fourth-order valence-electron chi connectivity index (χ4n) is 4.43. The maximum Gasteiger partial charge on any atom is 0.387 e. The molecule has 0 aliphatic carbocycles. The summed E-state index contributed by atoms with van der Waals surface area (Å²) in [6.07, 6.45) is 0.759. The van der Waals surface area contributed by atoms with Crippen LogP contribution in [0.2, 0.25) is 0 Å². The van der Waals surface area contributed by atoms with Gasteiger partial charge in [-0.15, -0.1) is 0 Å². The quantitative estimate of drug-likeness (QED) is 0.443. The lowest BCUT2D eigenvalue weighted by atomic mass is 9.93. The Morgan fingerprint density at radius 1 is 1.08 bits per heavy atom. The number of halogens is 2. The van der Waals surface area contributed by atoms with Crippen LogP contribution >= 0.6 is 0 Å². The molecule has 2 heterocycles. The van der Waals surface area contributed by atoms with Crippen LogP contribution in [-0.4, -0.2) is 53.9 Å². The Labute approximate surface area is 217 Å². The van der Waals surface area contributed by atoms with Crippen molar-refractivity contribution in [2.75, 3.05) is 18.6 Å². The van der Waals surface area contributed by atoms with E-state index in [-0.39, 0.29) is 30.1 Å². The number of hydrogen-bond acceptors (Lipinski definition) is 6. The van der Waals surface area contributed by atoms with Gasteiger partial charge in [0.25, 0.3) is 11.5 Å². The van der Waals surface area contributed by atoms with E-state index in [0.717, 1.165) is 5.56 Å². The van der Waals surface area contributed by atoms with Crippen molar-refractivity contribution in [1.29, 1.82) is 0 Å². The van der Waals surface area contributed by atoms with Gasteiger partial charge in [-0.1, -0.05) is 12.1 Å².